The van der Waals surface area contributed by atoms with Gasteiger partial charge in [0.2, 0.25) is 0 Å². The summed E-state index contributed by atoms with van der Waals surface area (Å²) in [5.41, 5.74) is 2.79. The highest BCUT2D eigenvalue weighted by molar-refractivity contribution is 5.80. The Morgan fingerprint density at radius 1 is 1.29 bits per heavy atom. The van der Waals surface area contributed by atoms with Crippen molar-refractivity contribution in [3.05, 3.63) is 29.3 Å². The zero-order valence-electron chi connectivity index (χ0n) is 13.0. The minimum Gasteiger partial charge on any atom is -0.481 e. The fourth-order valence-corrected chi connectivity index (χ4v) is 2.61. The minimum atomic E-state index is -0.478. The van der Waals surface area contributed by atoms with Gasteiger partial charge in [0.1, 0.15) is 5.75 Å². The molecule has 0 saturated heterocycles. The van der Waals surface area contributed by atoms with Crippen LogP contribution in [0.3, 0.4) is 0 Å². The Hall–Kier alpha value is -1.55. The van der Waals surface area contributed by atoms with Crippen molar-refractivity contribution in [3.63, 3.8) is 0 Å². The van der Waals surface area contributed by atoms with Crippen molar-refractivity contribution in [1.29, 1.82) is 0 Å². The third kappa shape index (κ3) is 4.74. The monoisotopic (exact) mass is 291 g/mol. The molecule has 0 aliphatic heterocycles. The van der Waals surface area contributed by atoms with Crippen LogP contribution in [0.1, 0.15) is 37.3 Å². The average molecular weight is 291 g/mol. The Balaban J connectivity index is 1.84. The first-order chi connectivity index (χ1) is 10.2. The number of amides is 1. The van der Waals surface area contributed by atoms with Crippen LogP contribution in [0, 0.1) is 0 Å². The van der Waals surface area contributed by atoms with E-state index in [1.165, 1.54) is 24.0 Å². The van der Waals surface area contributed by atoms with E-state index in [-0.39, 0.29) is 5.91 Å². The Bertz CT molecular complexity index is 473. The van der Waals surface area contributed by atoms with Crippen molar-refractivity contribution in [2.75, 3.05) is 20.3 Å². The van der Waals surface area contributed by atoms with Crippen LogP contribution in [-0.4, -0.2) is 32.3 Å². The Kier molecular flexibility index (Phi) is 6.05. The first kappa shape index (κ1) is 15.8. The fourth-order valence-electron chi connectivity index (χ4n) is 2.61. The van der Waals surface area contributed by atoms with E-state index in [4.69, 9.17) is 9.47 Å². The van der Waals surface area contributed by atoms with Gasteiger partial charge in [0, 0.05) is 20.3 Å². The second kappa shape index (κ2) is 8.03. The predicted octanol–water partition coefficient (Wildman–Crippen LogP) is 2.49. The van der Waals surface area contributed by atoms with Crippen LogP contribution >= 0.6 is 0 Å². The summed E-state index contributed by atoms with van der Waals surface area (Å²) in [5, 5.41) is 2.86. The van der Waals surface area contributed by atoms with Gasteiger partial charge in [0.25, 0.3) is 5.91 Å². The predicted molar refractivity (Wildman–Crippen MR) is 82.7 cm³/mol. The van der Waals surface area contributed by atoms with Crippen molar-refractivity contribution in [2.24, 2.45) is 0 Å². The lowest BCUT2D eigenvalue weighted by Crippen LogP contribution is -2.37. The van der Waals surface area contributed by atoms with Gasteiger partial charge in [0.05, 0.1) is 0 Å². The molecule has 1 atom stereocenters. The van der Waals surface area contributed by atoms with Crippen LogP contribution in [0.4, 0.5) is 0 Å². The number of aryl methyl sites for hydroxylation is 2. The molecule has 0 bridgehead atoms. The molecule has 1 aromatic rings. The van der Waals surface area contributed by atoms with Crippen molar-refractivity contribution >= 4 is 5.91 Å². The van der Waals surface area contributed by atoms with Crippen LogP contribution in [0.15, 0.2) is 18.2 Å². The Morgan fingerprint density at radius 2 is 2.05 bits per heavy atom. The van der Waals surface area contributed by atoms with Gasteiger partial charge >= 0.3 is 0 Å². The molecule has 0 spiro atoms. The van der Waals surface area contributed by atoms with E-state index in [1.54, 1.807) is 14.0 Å². The zero-order chi connectivity index (χ0) is 15.1. The lowest BCUT2D eigenvalue weighted by atomic mass is 9.92. The number of methoxy groups -OCH3 is 1. The zero-order valence-corrected chi connectivity index (χ0v) is 13.0. The van der Waals surface area contributed by atoms with Crippen molar-refractivity contribution in [2.45, 2.75) is 45.1 Å². The van der Waals surface area contributed by atoms with E-state index in [9.17, 15) is 4.79 Å². The molecule has 4 nitrogen and oxygen atoms in total. The molecule has 116 valence electrons. The normalized spacial score (nSPS) is 15.1. The Labute approximate surface area is 126 Å². The molecule has 4 heteroatoms. The number of hydrogen-bond donors (Lipinski definition) is 1. The minimum absolute atomic E-state index is 0.0798. The molecular weight excluding hydrogens is 266 g/mol. The topological polar surface area (TPSA) is 47.6 Å². The molecule has 0 unspecified atom stereocenters. The second-order valence-electron chi connectivity index (χ2n) is 5.54. The van der Waals surface area contributed by atoms with E-state index < -0.39 is 6.10 Å². The highest BCUT2D eigenvalue weighted by Gasteiger charge is 2.15. The van der Waals surface area contributed by atoms with Gasteiger partial charge in [-0.1, -0.05) is 6.07 Å². The lowest BCUT2D eigenvalue weighted by Gasteiger charge is -2.19. The molecule has 1 amide bonds. The summed E-state index contributed by atoms with van der Waals surface area (Å²) < 4.78 is 10.7. The fraction of sp³-hybridized carbons (Fsp3) is 0.588. The molecule has 0 heterocycles. The quantitative estimate of drug-likeness (QED) is 0.785. The lowest BCUT2D eigenvalue weighted by molar-refractivity contribution is -0.127. The summed E-state index contributed by atoms with van der Waals surface area (Å²) in [4.78, 5) is 11.9. The molecular formula is C17H25NO3. The number of rotatable bonds is 7. The van der Waals surface area contributed by atoms with Crippen molar-refractivity contribution in [3.8, 4) is 5.75 Å². The molecule has 0 fully saturated rings. The number of carbonyl (C=O) groups excluding carboxylic acids is 1. The largest absolute Gasteiger partial charge is 0.481 e. The highest BCUT2D eigenvalue weighted by atomic mass is 16.5. The highest BCUT2D eigenvalue weighted by Crippen LogP contribution is 2.25. The number of nitrogens with one attached hydrogen (secondary N) is 1. The van der Waals surface area contributed by atoms with Crippen molar-refractivity contribution in [1.82, 2.24) is 5.32 Å². The summed E-state index contributed by atoms with van der Waals surface area (Å²) in [6, 6.07) is 6.19. The van der Waals surface area contributed by atoms with E-state index in [1.807, 2.05) is 6.07 Å². The first-order valence-corrected chi connectivity index (χ1v) is 7.76. The van der Waals surface area contributed by atoms with Crippen LogP contribution in [0.25, 0.3) is 0 Å². The summed E-state index contributed by atoms with van der Waals surface area (Å²) in [6.07, 6.45) is 5.12. The van der Waals surface area contributed by atoms with Gasteiger partial charge in [-0.3, -0.25) is 4.79 Å². The summed E-state index contributed by atoms with van der Waals surface area (Å²) in [7, 11) is 1.66. The molecule has 21 heavy (non-hydrogen) atoms. The molecule has 0 saturated carbocycles. The van der Waals surface area contributed by atoms with Crippen molar-refractivity contribution < 1.29 is 14.3 Å². The number of ether oxygens (including phenoxy) is 2. The number of fused-ring (bicyclic) bond motifs is 1. The molecule has 1 aliphatic carbocycles. The molecule has 0 aromatic heterocycles. The Morgan fingerprint density at radius 3 is 2.81 bits per heavy atom. The number of carbonyl (C=O) groups is 1. The standard InChI is InChI=1S/C17H25NO3/c1-13(17(19)18-10-5-11-20-2)21-16-9-8-14-6-3-4-7-15(14)12-16/h8-9,12-13H,3-7,10-11H2,1-2H3,(H,18,19)/t13-/m0/s1. The molecule has 1 aliphatic rings. The summed E-state index contributed by atoms with van der Waals surface area (Å²) in [6.45, 7) is 3.05. The average Bonchev–Trinajstić information content (AvgIpc) is 2.51. The molecule has 2 rings (SSSR count). The maximum Gasteiger partial charge on any atom is 0.260 e. The van der Waals surface area contributed by atoms with Gasteiger partial charge in [-0.05, 0) is 62.3 Å². The number of benzene rings is 1. The van der Waals surface area contributed by atoms with Crippen LogP contribution in [0.5, 0.6) is 5.75 Å². The van der Waals surface area contributed by atoms with Gasteiger partial charge < -0.3 is 14.8 Å². The summed E-state index contributed by atoms with van der Waals surface area (Å²) in [5.74, 6) is 0.707. The van der Waals surface area contributed by atoms with Crippen LogP contribution in [0.2, 0.25) is 0 Å². The van der Waals surface area contributed by atoms with Crippen LogP contribution in [-0.2, 0) is 22.4 Å². The second-order valence-corrected chi connectivity index (χ2v) is 5.54. The molecule has 1 N–H and O–H groups in total. The smallest absolute Gasteiger partial charge is 0.260 e. The maximum absolute atomic E-state index is 11.9. The van der Waals surface area contributed by atoms with E-state index >= 15 is 0 Å². The van der Waals surface area contributed by atoms with E-state index in [0.717, 1.165) is 25.0 Å². The van der Waals surface area contributed by atoms with Gasteiger partial charge in [-0.25, -0.2) is 0 Å². The van der Waals surface area contributed by atoms with Gasteiger partial charge in [-0.15, -0.1) is 0 Å². The SMILES string of the molecule is COCCCNC(=O)[C@H](C)Oc1ccc2c(c1)CCCC2. The molecule has 1 aromatic carbocycles. The van der Waals surface area contributed by atoms with Gasteiger partial charge in [0.15, 0.2) is 6.10 Å². The first-order valence-electron chi connectivity index (χ1n) is 7.76. The third-order valence-electron chi connectivity index (χ3n) is 3.83. The molecule has 0 radical (unpaired) electrons. The third-order valence-corrected chi connectivity index (χ3v) is 3.83. The maximum atomic E-state index is 11.9. The van der Waals surface area contributed by atoms with Gasteiger partial charge in [-0.2, -0.15) is 0 Å². The van der Waals surface area contributed by atoms with Crippen LogP contribution < -0.4 is 10.1 Å². The van der Waals surface area contributed by atoms with E-state index in [2.05, 4.69) is 17.4 Å². The van der Waals surface area contributed by atoms with E-state index in [0.29, 0.717) is 13.2 Å². The summed E-state index contributed by atoms with van der Waals surface area (Å²) >= 11 is 0. The number of hydrogen-bond acceptors (Lipinski definition) is 3.